The molecule has 5 nitrogen and oxygen atoms in total. The minimum atomic E-state index is -0.171. The second kappa shape index (κ2) is 7.27. The number of hydrogen-bond donors (Lipinski definition) is 2. The van der Waals surface area contributed by atoms with Crippen molar-refractivity contribution in [3.8, 4) is 0 Å². The van der Waals surface area contributed by atoms with Gasteiger partial charge in [-0.25, -0.2) is 0 Å². The second-order valence-corrected chi connectivity index (χ2v) is 3.45. The zero-order valence-electron chi connectivity index (χ0n) is 9.57. The van der Waals surface area contributed by atoms with Crippen LogP contribution in [-0.2, 0) is 16.1 Å². The number of rotatable bonds is 7. The van der Waals surface area contributed by atoms with Gasteiger partial charge in [0.2, 0.25) is 11.8 Å². The molecule has 0 atom stereocenters. The van der Waals surface area contributed by atoms with E-state index in [1.165, 1.54) is 0 Å². The Kier molecular flexibility index (Phi) is 5.57. The van der Waals surface area contributed by atoms with Crippen LogP contribution in [0.1, 0.15) is 18.6 Å². The normalized spacial score (nSPS) is 9.65. The van der Waals surface area contributed by atoms with E-state index in [4.69, 9.17) is 4.42 Å². The van der Waals surface area contributed by atoms with Crippen molar-refractivity contribution in [3.05, 3.63) is 36.8 Å². The van der Waals surface area contributed by atoms with E-state index >= 15 is 0 Å². The summed E-state index contributed by atoms with van der Waals surface area (Å²) >= 11 is 0. The lowest BCUT2D eigenvalue weighted by molar-refractivity contribution is -0.126. The smallest absolute Gasteiger partial charge is 0.220 e. The van der Waals surface area contributed by atoms with Crippen LogP contribution in [0.4, 0.5) is 0 Å². The van der Waals surface area contributed by atoms with Crippen LogP contribution in [0, 0.1) is 0 Å². The highest BCUT2D eigenvalue weighted by molar-refractivity contribution is 5.83. The van der Waals surface area contributed by atoms with E-state index in [9.17, 15) is 9.59 Å². The molecule has 0 radical (unpaired) electrons. The number of hydrogen-bond acceptors (Lipinski definition) is 3. The van der Waals surface area contributed by atoms with Gasteiger partial charge in [-0.3, -0.25) is 9.59 Å². The van der Waals surface area contributed by atoms with E-state index in [1.807, 2.05) is 0 Å². The summed E-state index contributed by atoms with van der Waals surface area (Å²) in [5.74, 6) is 0.364. The maximum absolute atomic E-state index is 11.4. The highest BCUT2D eigenvalue weighted by atomic mass is 16.3. The van der Waals surface area contributed by atoms with Crippen LogP contribution >= 0.6 is 0 Å². The van der Waals surface area contributed by atoms with Gasteiger partial charge in [0.05, 0.1) is 12.8 Å². The predicted octanol–water partition coefficient (Wildman–Crippen LogP) is 0.978. The molecule has 0 unspecified atom stereocenters. The molecule has 0 spiro atoms. The van der Waals surface area contributed by atoms with Crippen molar-refractivity contribution in [3.63, 3.8) is 0 Å². The largest absolute Gasteiger partial charge is 0.467 e. The molecule has 2 N–H and O–H groups in total. The summed E-state index contributed by atoms with van der Waals surface area (Å²) in [5.41, 5.74) is 0. The average molecular weight is 236 g/mol. The zero-order chi connectivity index (χ0) is 12.5. The van der Waals surface area contributed by atoms with E-state index in [1.54, 1.807) is 24.5 Å². The highest BCUT2D eigenvalue weighted by Crippen LogP contribution is 1.99. The Morgan fingerprint density at radius 1 is 1.29 bits per heavy atom. The molecule has 0 aliphatic carbocycles. The van der Waals surface area contributed by atoms with Gasteiger partial charge in [0, 0.05) is 19.4 Å². The summed E-state index contributed by atoms with van der Waals surface area (Å²) in [6.45, 7) is 4.25. The molecule has 0 bridgehead atoms. The van der Waals surface area contributed by atoms with Gasteiger partial charge >= 0.3 is 0 Å². The SMILES string of the molecule is C=CCNC(=O)CCC(=O)NCc1ccco1. The Balaban J connectivity index is 2.12. The quantitative estimate of drug-likeness (QED) is 0.693. The Bertz CT molecular complexity index is 371. The first-order valence-corrected chi connectivity index (χ1v) is 5.39. The van der Waals surface area contributed by atoms with Gasteiger partial charge in [-0.05, 0) is 12.1 Å². The Hall–Kier alpha value is -2.04. The molecule has 1 rings (SSSR count). The molecule has 0 saturated heterocycles. The van der Waals surface area contributed by atoms with Crippen LogP contribution in [0.3, 0.4) is 0 Å². The van der Waals surface area contributed by atoms with Gasteiger partial charge in [0.15, 0.2) is 0 Å². The predicted molar refractivity (Wildman–Crippen MR) is 63.0 cm³/mol. The van der Waals surface area contributed by atoms with Crippen molar-refractivity contribution in [1.82, 2.24) is 10.6 Å². The van der Waals surface area contributed by atoms with Crippen LogP contribution < -0.4 is 10.6 Å². The van der Waals surface area contributed by atoms with Crippen molar-refractivity contribution >= 4 is 11.8 Å². The Morgan fingerprint density at radius 3 is 2.59 bits per heavy atom. The van der Waals surface area contributed by atoms with E-state index in [-0.39, 0.29) is 24.7 Å². The zero-order valence-corrected chi connectivity index (χ0v) is 9.57. The minimum Gasteiger partial charge on any atom is -0.467 e. The van der Waals surface area contributed by atoms with Crippen LogP contribution in [0.2, 0.25) is 0 Å². The molecule has 0 aliphatic rings. The summed E-state index contributed by atoms with van der Waals surface area (Å²) in [4.78, 5) is 22.5. The molecule has 1 aromatic heterocycles. The molecule has 1 heterocycles. The number of furan rings is 1. The lowest BCUT2D eigenvalue weighted by atomic mass is 10.2. The molecule has 2 amide bonds. The van der Waals surface area contributed by atoms with Crippen molar-refractivity contribution in [1.29, 1.82) is 0 Å². The number of nitrogens with one attached hydrogen (secondary N) is 2. The molecule has 92 valence electrons. The van der Waals surface area contributed by atoms with Gasteiger partial charge in [-0.2, -0.15) is 0 Å². The lowest BCUT2D eigenvalue weighted by Crippen LogP contribution is -2.27. The van der Waals surface area contributed by atoms with Crippen molar-refractivity contribution in [2.75, 3.05) is 6.54 Å². The number of amides is 2. The fourth-order valence-corrected chi connectivity index (χ4v) is 1.19. The fraction of sp³-hybridized carbons (Fsp3) is 0.333. The summed E-state index contributed by atoms with van der Waals surface area (Å²) in [6.07, 6.45) is 3.49. The topological polar surface area (TPSA) is 71.3 Å². The van der Waals surface area contributed by atoms with Crippen LogP contribution in [0.15, 0.2) is 35.5 Å². The van der Waals surface area contributed by atoms with Crippen molar-refractivity contribution < 1.29 is 14.0 Å². The molecule has 0 aliphatic heterocycles. The number of carbonyl (C=O) groups excluding carboxylic acids is 2. The van der Waals surface area contributed by atoms with Gasteiger partial charge in [0.25, 0.3) is 0 Å². The van der Waals surface area contributed by atoms with Gasteiger partial charge < -0.3 is 15.1 Å². The molecule has 17 heavy (non-hydrogen) atoms. The number of carbonyl (C=O) groups is 2. The molecule has 5 heteroatoms. The maximum atomic E-state index is 11.4. The second-order valence-electron chi connectivity index (χ2n) is 3.45. The summed E-state index contributed by atoms with van der Waals surface area (Å²) in [7, 11) is 0. The fourth-order valence-electron chi connectivity index (χ4n) is 1.19. The molecule has 0 fully saturated rings. The third-order valence-electron chi connectivity index (χ3n) is 2.06. The molecule has 0 saturated carbocycles. The lowest BCUT2D eigenvalue weighted by Gasteiger charge is -2.03. The molecular formula is C12H16N2O3. The van der Waals surface area contributed by atoms with Gasteiger partial charge in [0.1, 0.15) is 5.76 Å². The molecule has 0 aromatic carbocycles. The summed E-state index contributed by atoms with van der Waals surface area (Å²) in [6, 6.07) is 3.53. The summed E-state index contributed by atoms with van der Waals surface area (Å²) in [5, 5.41) is 5.27. The van der Waals surface area contributed by atoms with Crippen molar-refractivity contribution in [2.24, 2.45) is 0 Å². The van der Waals surface area contributed by atoms with Crippen LogP contribution in [0.25, 0.3) is 0 Å². The first-order valence-electron chi connectivity index (χ1n) is 5.39. The van der Waals surface area contributed by atoms with Crippen molar-refractivity contribution in [2.45, 2.75) is 19.4 Å². The third-order valence-corrected chi connectivity index (χ3v) is 2.06. The van der Waals surface area contributed by atoms with Crippen LogP contribution in [0.5, 0.6) is 0 Å². The van der Waals surface area contributed by atoms with Gasteiger partial charge in [-0.1, -0.05) is 6.08 Å². The molecular weight excluding hydrogens is 220 g/mol. The summed E-state index contributed by atoms with van der Waals surface area (Å²) < 4.78 is 5.06. The van der Waals surface area contributed by atoms with E-state index < -0.39 is 0 Å². The average Bonchev–Trinajstić information content (AvgIpc) is 2.84. The van der Waals surface area contributed by atoms with E-state index in [0.29, 0.717) is 18.8 Å². The van der Waals surface area contributed by atoms with E-state index in [2.05, 4.69) is 17.2 Å². The third kappa shape index (κ3) is 5.55. The maximum Gasteiger partial charge on any atom is 0.220 e. The highest BCUT2D eigenvalue weighted by Gasteiger charge is 2.06. The van der Waals surface area contributed by atoms with Crippen LogP contribution in [-0.4, -0.2) is 18.4 Å². The first-order chi connectivity index (χ1) is 8.22. The van der Waals surface area contributed by atoms with Gasteiger partial charge in [-0.15, -0.1) is 6.58 Å². The monoisotopic (exact) mass is 236 g/mol. The molecule has 1 aromatic rings. The van der Waals surface area contributed by atoms with E-state index in [0.717, 1.165) is 0 Å². The Labute approximate surface area is 99.9 Å². The first kappa shape index (κ1) is 13.0. The standard InChI is InChI=1S/C12H16N2O3/c1-2-7-13-11(15)5-6-12(16)14-9-10-4-3-8-17-10/h2-4,8H,1,5-7,9H2,(H,13,15)(H,14,16). The minimum absolute atomic E-state index is 0.155. The Morgan fingerprint density at radius 2 is 2.00 bits per heavy atom.